The Balaban J connectivity index is 0.00000144. The molecule has 1 fully saturated rings. The van der Waals surface area contributed by atoms with Gasteiger partial charge in [0, 0.05) is 37.5 Å². The van der Waals surface area contributed by atoms with Crippen LogP contribution in [0.4, 0.5) is 0 Å². The fourth-order valence-electron chi connectivity index (χ4n) is 1.68. The summed E-state index contributed by atoms with van der Waals surface area (Å²) in [6.07, 6.45) is 0. The molecule has 0 atom stereocenters. The first-order valence-electron chi connectivity index (χ1n) is 5.64. The Hall–Kier alpha value is -0.650. The van der Waals surface area contributed by atoms with Gasteiger partial charge in [-0.3, -0.25) is 4.79 Å². The number of nitrogens with zero attached hydrogens (tertiary/aromatic N) is 2. The molecule has 0 aliphatic carbocycles. The summed E-state index contributed by atoms with van der Waals surface area (Å²) in [7, 11) is 0. The van der Waals surface area contributed by atoms with Crippen LogP contribution in [0.3, 0.4) is 0 Å². The number of aromatic nitrogens is 1. The van der Waals surface area contributed by atoms with Crippen molar-refractivity contribution >= 4 is 29.7 Å². The summed E-state index contributed by atoms with van der Waals surface area (Å²) in [5.41, 5.74) is 0.607. The maximum absolute atomic E-state index is 12.1. The van der Waals surface area contributed by atoms with Gasteiger partial charge in [0.1, 0.15) is 5.69 Å². The number of amides is 1. The van der Waals surface area contributed by atoms with E-state index in [2.05, 4.69) is 24.1 Å². The van der Waals surface area contributed by atoms with Gasteiger partial charge in [-0.25, -0.2) is 4.98 Å². The molecule has 2 rings (SSSR count). The summed E-state index contributed by atoms with van der Waals surface area (Å²) >= 11 is 1.58. The molecule has 0 spiro atoms. The smallest absolute Gasteiger partial charge is 0.273 e. The summed E-state index contributed by atoms with van der Waals surface area (Å²) in [6, 6.07) is 0. The fourth-order valence-corrected chi connectivity index (χ4v) is 2.49. The van der Waals surface area contributed by atoms with Gasteiger partial charge in [-0.1, -0.05) is 13.8 Å². The first-order chi connectivity index (χ1) is 7.68. The van der Waals surface area contributed by atoms with Crippen LogP contribution in [-0.4, -0.2) is 42.0 Å². The second kappa shape index (κ2) is 6.33. The first-order valence-corrected chi connectivity index (χ1v) is 6.52. The molecule has 17 heavy (non-hydrogen) atoms. The zero-order chi connectivity index (χ0) is 11.5. The summed E-state index contributed by atoms with van der Waals surface area (Å²) in [6.45, 7) is 7.52. The van der Waals surface area contributed by atoms with Crippen molar-refractivity contribution in [2.45, 2.75) is 19.8 Å². The Kier molecular flexibility index (Phi) is 5.36. The second-order valence-electron chi connectivity index (χ2n) is 4.27. The number of thiazole rings is 1. The normalized spacial score (nSPS) is 15.8. The largest absolute Gasteiger partial charge is 0.335 e. The van der Waals surface area contributed by atoms with Crippen LogP contribution in [0.25, 0.3) is 0 Å². The summed E-state index contributed by atoms with van der Waals surface area (Å²) in [5, 5.41) is 6.15. The molecular formula is C11H18ClN3OS. The predicted molar refractivity (Wildman–Crippen MR) is 72.2 cm³/mol. The van der Waals surface area contributed by atoms with E-state index < -0.39 is 0 Å². The lowest BCUT2D eigenvalue weighted by molar-refractivity contribution is 0.0730. The quantitative estimate of drug-likeness (QED) is 0.894. The SMILES string of the molecule is CC(C)c1nc(C(=O)N2CCNCC2)cs1.Cl. The highest BCUT2D eigenvalue weighted by Gasteiger charge is 2.20. The topological polar surface area (TPSA) is 45.2 Å². The minimum Gasteiger partial charge on any atom is -0.335 e. The second-order valence-corrected chi connectivity index (χ2v) is 5.16. The van der Waals surface area contributed by atoms with E-state index in [-0.39, 0.29) is 18.3 Å². The molecule has 0 saturated carbocycles. The van der Waals surface area contributed by atoms with E-state index in [0.29, 0.717) is 11.6 Å². The van der Waals surface area contributed by atoms with Crippen molar-refractivity contribution in [1.82, 2.24) is 15.2 Å². The lowest BCUT2D eigenvalue weighted by Crippen LogP contribution is -2.46. The molecule has 4 nitrogen and oxygen atoms in total. The summed E-state index contributed by atoms with van der Waals surface area (Å²) < 4.78 is 0. The minimum absolute atomic E-state index is 0. The average Bonchev–Trinajstić information content (AvgIpc) is 2.78. The fraction of sp³-hybridized carbons (Fsp3) is 0.636. The molecule has 0 bridgehead atoms. The van der Waals surface area contributed by atoms with Crippen LogP contribution in [0.2, 0.25) is 0 Å². The van der Waals surface area contributed by atoms with Gasteiger partial charge in [0.25, 0.3) is 5.91 Å². The van der Waals surface area contributed by atoms with Gasteiger partial charge in [-0.2, -0.15) is 0 Å². The lowest BCUT2D eigenvalue weighted by atomic mass is 10.2. The van der Waals surface area contributed by atoms with Crippen LogP contribution in [0.15, 0.2) is 5.38 Å². The number of carbonyl (C=O) groups is 1. The molecule has 2 heterocycles. The van der Waals surface area contributed by atoms with Gasteiger partial charge in [0.2, 0.25) is 0 Å². The molecule has 1 aliphatic heterocycles. The predicted octanol–water partition coefficient (Wildman–Crippen LogP) is 1.73. The molecule has 6 heteroatoms. The molecule has 1 aromatic rings. The standard InChI is InChI=1S/C11H17N3OS.ClH/c1-8(2)10-13-9(7-16-10)11(15)14-5-3-12-4-6-14;/h7-8,12H,3-6H2,1-2H3;1H. The number of halogens is 1. The molecule has 0 radical (unpaired) electrons. The van der Waals surface area contributed by atoms with E-state index in [9.17, 15) is 4.79 Å². The Morgan fingerprint density at radius 1 is 1.47 bits per heavy atom. The number of nitrogens with one attached hydrogen (secondary N) is 1. The Morgan fingerprint density at radius 2 is 2.12 bits per heavy atom. The van der Waals surface area contributed by atoms with Crippen LogP contribution in [0, 0.1) is 0 Å². The molecule has 1 N–H and O–H groups in total. The first kappa shape index (κ1) is 14.4. The highest BCUT2D eigenvalue weighted by molar-refractivity contribution is 7.09. The Bertz CT molecular complexity index is 375. The van der Waals surface area contributed by atoms with E-state index in [0.717, 1.165) is 31.2 Å². The zero-order valence-corrected chi connectivity index (χ0v) is 11.7. The number of piperazine rings is 1. The van der Waals surface area contributed by atoms with Crippen LogP contribution in [0.1, 0.15) is 35.3 Å². The molecular weight excluding hydrogens is 258 g/mol. The number of rotatable bonds is 2. The van der Waals surface area contributed by atoms with Crippen molar-refractivity contribution in [2.24, 2.45) is 0 Å². The number of carbonyl (C=O) groups excluding carboxylic acids is 1. The van der Waals surface area contributed by atoms with Gasteiger partial charge in [0.15, 0.2) is 0 Å². The van der Waals surface area contributed by atoms with Gasteiger partial charge < -0.3 is 10.2 Å². The third-order valence-electron chi connectivity index (χ3n) is 2.64. The highest BCUT2D eigenvalue weighted by atomic mass is 35.5. The number of hydrogen-bond donors (Lipinski definition) is 1. The van der Waals surface area contributed by atoms with Gasteiger partial charge in [0.05, 0.1) is 5.01 Å². The molecule has 1 saturated heterocycles. The third-order valence-corrected chi connectivity index (χ3v) is 3.78. The molecule has 0 unspecified atom stereocenters. The van der Waals surface area contributed by atoms with Crippen molar-refractivity contribution in [3.8, 4) is 0 Å². The van der Waals surface area contributed by atoms with E-state index in [1.807, 2.05) is 10.3 Å². The van der Waals surface area contributed by atoms with Crippen LogP contribution in [0.5, 0.6) is 0 Å². The summed E-state index contributed by atoms with van der Waals surface area (Å²) in [5.74, 6) is 0.472. The van der Waals surface area contributed by atoms with Crippen molar-refractivity contribution in [3.63, 3.8) is 0 Å². The highest BCUT2D eigenvalue weighted by Crippen LogP contribution is 2.20. The van der Waals surface area contributed by atoms with Crippen molar-refractivity contribution < 1.29 is 4.79 Å². The van der Waals surface area contributed by atoms with Gasteiger partial charge in [-0.05, 0) is 0 Å². The van der Waals surface area contributed by atoms with Crippen molar-refractivity contribution in [2.75, 3.05) is 26.2 Å². The molecule has 1 aliphatic rings. The zero-order valence-electron chi connectivity index (χ0n) is 10.1. The molecule has 1 aromatic heterocycles. The maximum atomic E-state index is 12.1. The average molecular weight is 276 g/mol. The van der Waals surface area contributed by atoms with E-state index in [1.54, 1.807) is 11.3 Å². The number of hydrogen-bond acceptors (Lipinski definition) is 4. The van der Waals surface area contributed by atoms with E-state index >= 15 is 0 Å². The van der Waals surface area contributed by atoms with Crippen LogP contribution in [-0.2, 0) is 0 Å². The van der Waals surface area contributed by atoms with Gasteiger partial charge >= 0.3 is 0 Å². The minimum atomic E-state index is 0. The Labute approximate surface area is 112 Å². The van der Waals surface area contributed by atoms with E-state index in [1.165, 1.54) is 0 Å². The molecule has 96 valence electrons. The van der Waals surface area contributed by atoms with Crippen LogP contribution >= 0.6 is 23.7 Å². The molecule has 0 aromatic carbocycles. The van der Waals surface area contributed by atoms with Crippen molar-refractivity contribution in [3.05, 3.63) is 16.1 Å². The van der Waals surface area contributed by atoms with Crippen molar-refractivity contribution in [1.29, 1.82) is 0 Å². The van der Waals surface area contributed by atoms with Gasteiger partial charge in [-0.15, -0.1) is 23.7 Å². The van der Waals surface area contributed by atoms with E-state index in [4.69, 9.17) is 0 Å². The lowest BCUT2D eigenvalue weighted by Gasteiger charge is -2.26. The van der Waals surface area contributed by atoms with Crippen LogP contribution < -0.4 is 5.32 Å². The Morgan fingerprint density at radius 3 is 2.65 bits per heavy atom. The monoisotopic (exact) mass is 275 g/mol. The maximum Gasteiger partial charge on any atom is 0.273 e. The summed E-state index contributed by atoms with van der Waals surface area (Å²) in [4.78, 5) is 18.3. The third kappa shape index (κ3) is 3.40. The molecule has 1 amide bonds.